The summed E-state index contributed by atoms with van der Waals surface area (Å²) in [5.41, 5.74) is 2.05. The summed E-state index contributed by atoms with van der Waals surface area (Å²) in [5.74, 6) is 0.291. The average Bonchev–Trinajstić information content (AvgIpc) is 3.43. The van der Waals surface area contributed by atoms with Crippen molar-refractivity contribution >= 4 is 17.7 Å². The molecule has 1 saturated heterocycles. The van der Waals surface area contributed by atoms with Gasteiger partial charge in [-0.05, 0) is 49.3 Å². The fourth-order valence-corrected chi connectivity index (χ4v) is 5.29. The molecule has 0 saturated carbocycles. The standard InChI is InChI=1S/C30H40N4O4/c1-2-10-24-30(37)34-19-9-15-26(34)29(36)33-25(21-22-11-4-3-5-12-22)28(35)32-17-8-14-23-13-6-7-16-27(23)38-20-18-31-24/h3-7,11-13,16,24-26,31H,2,8-10,14-15,17-21H2,1H3,(H,32,35)(H,33,36)/t24-,25+,26+/m0/s1. The van der Waals surface area contributed by atoms with Crippen LogP contribution in [0.2, 0.25) is 0 Å². The topological polar surface area (TPSA) is 99.8 Å². The first-order valence-electron chi connectivity index (χ1n) is 13.9. The van der Waals surface area contributed by atoms with E-state index in [1.807, 2.05) is 61.5 Å². The molecule has 0 unspecified atom stereocenters. The number of hydrogen-bond donors (Lipinski definition) is 3. The normalized spacial score (nSPS) is 23.8. The van der Waals surface area contributed by atoms with E-state index in [4.69, 9.17) is 4.74 Å². The zero-order valence-electron chi connectivity index (χ0n) is 22.3. The second-order valence-electron chi connectivity index (χ2n) is 10.1. The molecular formula is C30H40N4O4. The van der Waals surface area contributed by atoms with Crippen molar-refractivity contribution in [1.29, 1.82) is 0 Å². The highest BCUT2D eigenvalue weighted by molar-refractivity contribution is 5.93. The second kappa shape index (κ2) is 14.0. The SMILES string of the molecule is CCC[C@@H]1NCCOc2ccccc2CCCNC(=O)[C@@H](Cc2ccccc2)NC(=O)[C@H]2CCCN2C1=O. The molecule has 2 aliphatic rings. The van der Waals surface area contributed by atoms with Crippen molar-refractivity contribution < 1.29 is 19.1 Å². The first-order chi connectivity index (χ1) is 18.6. The zero-order valence-corrected chi connectivity index (χ0v) is 22.3. The molecule has 8 nitrogen and oxygen atoms in total. The lowest BCUT2D eigenvalue weighted by Crippen LogP contribution is -2.56. The number of rotatable bonds is 4. The van der Waals surface area contributed by atoms with Gasteiger partial charge < -0.3 is 25.6 Å². The van der Waals surface area contributed by atoms with Gasteiger partial charge in [-0.3, -0.25) is 14.4 Å². The van der Waals surface area contributed by atoms with Crippen molar-refractivity contribution in [2.45, 2.75) is 70.0 Å². The predicted octanol–water partition coefficient (Wildman–Crippen LogP) is 2.60. The molecule has 0 radical (unpaired) electrons. The van der Waals surface area contributed by atoms with Gasteiger partial charge in [0.05, 0.1) is 6.04 Å². The number of nitrogens with zero attached hydrogens (tertiary/aromatic N) is 1. The van der Waals surface area contributed by atoms with Crippen LogP contribution in [-0.4, -0.2) is 67.0 Å². The average molecular weight is 521 g/mol. The number of ether oxygens (including phenoxy) is 1. The highest BCUT2D eigenvalue weighted by atomic mass is 16.5. The quantitative estimate of drug-likeness (QED) is 0.576. The van der Waals surface area contributed by atoms with Gasteiger partial charge in [0.1, 0.15) is 24.4 Å². The van der Waals surface area contributed by atoms with Crippen LogP contribution in [0, 0.1) is 0 Å². The summed E-state index contributed by atoms with van der Waals surface area (Å²) in [7, 11) is 0. The second-order valence-corrected chi connectivity index (χ2v) is 10.1. The number of carbonyl (C=O) groups is 3. The predicted molar refractivity (Wildman–Crippen MR) is 147 cm³/mol. The maximum Gasteiger partial charge on any atom is 0.243 e. The van der Waals surface area contributed by atoms with Gasteiger partial charge in [-0.1, -0.05) is 61.9 Å². The third-order valence-corrected chi connectivity index (χ3v) is 7.27. The van der Waals surface area contributed by atoms with Gasteiger partial charge >= 0.3 is 0 Å². The van der Waals surface area contributed by atoms with E-state index in [9.17, 15) is 14.4 Å². The van der Waals surface area contributed by atoms with E-state index in [1.165, 1.54) is 0 Å². The minimum absolute atomic E-state index is 0.0601. The molecule has 3 N–H and O–H groups in total. The Morgan fingerprint density at radius 3 is 2.53 bits per heavy atom. The molecule has 2 aromatic rings. The Kier molecular flexibility index (Phi) is 10.1. The monoisotopic (exact) mass is 520 g/mol. The number of nitrogens with one attached hydrogen (secondary N) is 3. The molecular weight excluding hydrogens is 480 g/mol. The highest BCUT2D eigenvalue weighted by Gasteiger charge is 2.38. The number of para-hydroxylation sites is 1. The minimum Gasteiger partial charge on any atom is -0.492 e. The number of fused-ring (bicyclic) bond motifs is 2. The van der Waals surface area contributed by atoms with E-state index in [-0.39, 0.29) is 23.8 Å². The molecule has 204 valence electrons. The van der Waals surface area contributed by atoms with Crippen LogP contribution >= 0.6 is 0 Å². The third kappa shape index (κ3) is 7.34. The fourth-order valence-electron chi connectivity index (χ4n) is 5.29. The first-order valence-corrected chi connectivity index (χ1v) is 13.9. The Morgan fingerprint density at radius 1 is 0.921 bits per heavy atom. The smallest absolute Gasteiger partial charge is 0.243 e. The zero-order chi connectivity index (χ0) is 26.7. The van der Waals surface area contributed by atoms with Crippen LogP contribution in [0.15, 0.2) is 54.6 Å². The van der Waals surface area contributed by atoms with E-state index in [1.54, 1.807) is 4.90 Å². The van der Waals surface area contributed by atoms with Gasteiger partial charge in [-0.2, -0.15) is 0 Å². The number of carbonyl (C=O) groups excluding carboxylic acids is 3. The van der Waals surface area contributed by atoms with Crippen molar-refractivity contribution in [1.82, 2.24) is 20.9 Å². The molecule has 3 amide bonds. The van der Waals surface area contributed by atoms with Gasteiger partial charge in [0.2, 0.25) is 17.7 Å². The molecule has 1 fully saturated rings. The maximum atomic E-state index is 13.6. The number of aryl methyl sites for hydroxylation is 1. The molecule has 2 aliphatic heterocycles. The van der Waals surface area contributed by atoms with Crippen molar-refractivity contribution in [3.63, 3.8) is 0 Å². The third-order valence-electron chi connectivity index (χ3n) is 7.27. The van der Waals surface area contributed by atoms with Crippen molar-refractivity contribution in [3.05, 3.63) is 65.7 Å². The molecule has 0 aliphatic carbocycles. The van der Waals surface area contributed by atoms with E-state index in [0.717, 1.165) is 42.6 Å². The highest BCUT2D eigenvalue weighted by Crippen LogP contribution is 2.21. The van der Waals surface area contributed by atoms with Crippen LogP contribution in [-0.2, 0) is 27.2 Å². The molecule has 38 heavy (non-hydrogen) atoms. The van der Waals surface area contributed by atoms with E-state index >= 15 is 0 Å². The lowest BCUT2D eigenvalue weighted by atomic mass is 10.0. The Labute approximate surface area is 225 Å². The molecule has 0 spiro atoms. The summed E-state index contributed by atoms with van der Waals surface area (Å²) in [4.78, 5) is 42.0. The summed E-state index contributed by atoms with van der Waals surface area (Å²) >= 11 is 0. The van der Waals surface area contributed by atoms with Crippen LogP contribution in [0.3, 0.4) is 0 Å². The van der Waals surface area contributed by atoms with Gasteiger partial charge in [0, 0.05) is 26.1 Å². The Bertz CT molecular complexity index is 1080. The van der Waals surface area contributed by atoms with Crippen molar-refractivity contribution in [2.24, 2.45) is 0 Å². The molecule has 0 aromatic heterocycles. The summed E-state index contributed by atoms with van der Waals surface area (Å²) < 4.78 is 6.06. The van der Waals surface area contributed by atoms with Crippen LogP contribution in [0.5, 0.6) is 5.75 Å². The number of hydrogen-bond acceptors (Lipinski definition) is 5. The first kappa shape index (κ1) is 27.6. The Balaban J connectivity index is 1.56. The van der Waals surface area contributed by atoms with Crippen LogP contribution in [0.4, 0.5) is 0 Å². The van der Waals surface area contributed by atoms with Crippen LogP contribution < -0.4 is 20.7 Å². The number of benzene rings is 2. The summed E-state index contributed by atoms with van der Waals surface area (Å²) in [6.07, 6.45) is 4.77. The largest absolute Gasteiger partial charge is 0.492 e. The summed E-state index contributed by atoms with van der Waals surface area (Å²) in [6.45, 7) is 4.05. The molecule has 2 aromatic carbocycles. The van der Waals surface area contributed by atoms with Gasteiger partial charge in [0.25, 0.3) is 0 Å². The van der Waals surface area contributed by atoms with Crippen LogP contribution in [0.25, 0.3) is 0 Å². The van der Waals surface area contributed by atoms with E-state index in [2.05, 4.69) is 16.0 Å². The molecule has 4 rings (SSSR count). The lowest BCUT2D eigenvalue weighted by Gasteiger charge is -2.30. The summed E-state index contributed by atoms with van der Waals surface area (Å²) in [6, 6.07) is 15.9. The van der Waals surface area contributed by atoms with Gasteiger partial charge in [-0.15, -0.1) is 0 Å². The lowest BCUT2D eigenvalue weighted by molar-refractivity contribution is -0.141. The Morgan fingerprint density at radius 2 is 1.71 bits per heavy atom. The van der Waals surface area contributed by atoms with Crippen molar-refractivity contribution in [3.8, 4) is 5.75 Å². The van der Waals surface area contributed by atoms with Crippen LogP contribution in [0.1, 0.15) is 50.2 Å². The Hall–Kier alpha value is -3.39. The minimum atomic E-state index is -0.721. The van der Waals surface area contributed by atoms with Gasteiger partial charge in [-0.25, -0.2) is 0 Å². The summed E-state index contributed by atoms with van der Waals surface area (Å²) in [5, 5.41) is 9.37. The van der Waals surface area contributed by atoms with E-state index in [0.29, 0.717) is 45.5 Å². The van der Waals surface area contributed by atoms with E-state index < -0.39 is 12.1 Å². The molecule has 0 bridgehead atoms. The molecule has 3 atom stereocenters. The number of amides is 3. The maximum absolute atomic E-state index is 13.6. The molecule has 2 heterocycles. The van der Waals surface area contributed by atoms with Gasteiger partial charge in [0.15, 0.2) is 0 Å². The van der Waals surface area contributed by atoms with Crippen molar-refractivity contribution in [2.75, 3.05) is 26.2 Å². The molecule has 8 heteroatoms. The fraction of sp³-hybridized carbons (Fsp3) is 0.500.